The van der Waals surface area contributed by atoms with Gasteiger partial charge in [-0.25, -0.2) is 4.39 Å². The number of aryl methyl sites for hydroxylation is 5. The van der Waals surface area contributed by atoms with Crippen LogP contribution in [0.25, 0.3) is 17.2 Å². The third-order valence-corrected chi connectivity index (χ3v) is 6.75. The number of rotatable bonds is 10. The van der Waals surface area contributed by atoms with Gasteiger partial charge in [0.1, 0.15) is 18.1 Å². The van der Waals surface area contributed by atoms with Crippen LogP contribution in [0.1, 0.15) is 71.4 Å². The summed E-state index contributed by atoms with van der Waals surface area (Å²) in [7, 11) is 1.67. The molecule has 2 N–H and O–H groups in total. The van der Waals surface area contributed by atoms with E-state index in [4.69, 9.17) is 9.84 Å². The molecule has 0 radical (unpaired) electrons. The third-order valence-electron chi connectivity index (χ3n) is 6.75. The molecule has 0 aromatic heterocycles. The summed E-state index contributed by atoms with van der Waals surface area (Å²) in [5, 5.41) is 11.0. The number of hydrogen-bond donors (Lipinski definition) is 2. The van der Waals surface area contributed by atoms with Gasteiger partial charge in [-0.2, -0.15) is 0 Å². The Labute approximate surface area is 231 Å². The Kier molecular flexibility index (Phi) is 11.9. The molecule has 0 aliphatic rings. The molecule has 0 aliphatic carbocycles. The molecule has 6 heteroatoms. The molecular weight excluding hydrogens is 493 g/mol. The SMILES string of the molecule is C=Cc1c(C)ccc(-c2c(CC)cc(F)cc2CC)c1OC.CCc1cccc(CC)c1C(=O)NCC(=O)O. The fraction of sp³-hybridized carbons (Fsp3) is 0.333. The second-order valence-electron chi connectivity index (χ2n) is 9.12. The minimum Gasteiger partial charge on any atom is -0.495 e. The highest BCUT2D eigenvalue weighted by molar-refractivity contribution is 5.98. The fourth-order valence-electron chi connectivity index (χ4n) is 4.78. The maximum Gasteiger partial charge on any atom is 0.322 e. The van der Waals surface area contributed by atoms with E-state index in [9.17, 15) is 14.0 Å². The van der Waals surface area contributed by atoms with Gasteiger partial charge in [0.2, 0.25) is 0 Å². The molecule has 0 heterocycles. The molecule has 0 bridgehead atoms. The van der Waals surface area contributed by atoms with Crippen molar-refractivity contribution in [3.8, 4) is 16.9 Å². The van der Waals surface area contributed by atoms with E-state index in [0.717, 1.165) is 75.9 Å². The van der Waals surface area contributed by atoms with Gasteiger partial charge in [-0.05, 0) is 78.1 Å². The van der Waals surface area contributed by atoms with E-state index in [0.29, 0.717) is 5.56 Å². The second-order valence-corrected chi connectivity index (χ2v) is 9.12. The van der Waals surface area contributed by atoms with Gasteiger partial charge in [-0.15, -0.1) is 0 Å². The Morgan fingerprint density at radius 3 is 1.92 bits per heavy atom. The Morgan fingerprint density at radius 1 is 0.949 bits per heavy atom. The van der Waals surface area contributed by atoms with Crippen LogP contribution in [0.4, 0.5) is 4.39 Å². The number of carboxylic acids is 1. The molecule has 0 saturated heterocycles. The van der Waals surface area contributed by atoms with Crippen LogP contribution in [0.2, 0.25) is 0 Å². The molecule has 5 nitrogen and oxygen atoms in total. The molecule has 39 heavy (non-hydrogen) atoms. The molecule has 0 saturated carbocycles. The number of ether oxygens (including phenoxy) is 1. The lowest BCUT2D eigenvalue weighted by Gasteiger charge is -2.19. The lowest BCUT2D eigenvalue weighted by molar-refractivity contribution is -0.135. The summed E-state index contributed by atoms with van der Waals surface area (Å²) in [6, 6.07) is 13.1. The maximum absolute atomic E-state index is 13.8. The van der Waals surface area contributed by atoms with Crippen LogP contribution < -0.4 is 10.1 Å². The summed E-state index contributed by atoms with van der Waals surface area (Å²) >= 11 is 0. The van der Waals surface area contributed by atoms with Crippen LogP contribution in [0, 0.1) is 12.7 Å². The number of nitrogens with one attached hydrogen (secondary N) is 1. The number of benzene rings is 3. The zero-order chi connectivity index (χ0) is 29.1. The Hall–Kier alpha value is -3.93. The molecule has 208 valence electrons. The highest BCUT2D eigenvalue weighted by Gasteiger charge is 2.18. The van der Waals surface area contributed by atoms with E-state index < -0.39 is 5.97 Å². The van der Waals surface area contributed by atoms with Gasteiger partial charge in [-0.3, -0.25) is 9.59 Å². The maximum atomic E-state index is 13.8. The first-order valence-electron chi connectivity index (χ1n) is 13.4. The van der Waals surface area contributed by atoms with Crippen molar-refractivity contribution in [3.05, 3.63) is 93.8 Å². The number of carboxylic acid groups (broad SMARTS) is 1. The van der Waals surface area contributed by atoms with Crippen LogP contribution in [0.5, 0.6) is 5.75 Å². The lowest BCUT2D eigenvalue weighted by atomic mass is 9.89. The average molecular weight is 534 g/mol. The molecule has 0 atom stereocenters. The number of amides is 1. The third kappa shape index (κ3) is 7.56. The van der Waals surface area contributed by atoms with Crippen molar-refractivity contribution in [1.29, 1.82) is 0 Å². The first-order chi connectivity index (χ1) is 18.7. The van der Waals surface area contributed by atoms with Crippen LogP contribution in [0.3, 0.4) is 0 Å². The normalized spacial score (nSPS) is 10.3. The Balaban J connectivity index is 0.000000283. The number of carbonyl (C=O) groups is 2. The molecule has 3 rings (SSSR count). The first-order valence-corrected chi connectivity index (χ1v) is 13.4. The number of methoxy groups -OCH3 is 1. The van der Waals surface area contributed by atoms with Crippen LogP contribution in [-0.2, 0) is 30.5 Å². The number of hydrogen-bond acceptors (Lipinski definition) is 3. The minimum atomic E-state index is -1.04. The van der Waals surface area contributed by atoms with Crippen LogP contribution in [-0.4, -0.2) is 30.6 Å². The predicted molar refractivity (Wildman–Crippen MR) is 157 cm³/mol. The summed E-state index contributed by atoms with van der Waals surface area (Å²) in [4.78, 5) is 22.4. The first kappa shape index (κ1) is 31.3. The van der Waals surface area contributed by atoms with E-state index in [-0.39, 0.29) is 18.3 Å². The lowest BCUT2D eigenvalue weighted by Crippen LogP contribution is -2.30. The number of halogens is 1. The summed E-state index contributed by atoms with van der Waals surface area (Å²) in [6.45, 7) is 13.6. The Morgan fingerprint density at radius 2 is 1.49 bits per heavy atom. The van der Waals surface area contributed by atoms with Gasteiger partial charge in [0, 0.05) is 16.7 Å². The van der Waals surface area contributed by atoms with Gasteiger partial charge >= 0.3 is 5.97 Å². The van der Waals surface area contributed by atoms with E-state index in [2.05, 4.69) is 24.0 Å². The van der Waals surface area contributed by atoms with E-state index in [1.165, 1.54) is 0 Å². The van der Waals surface area contributed by atoms with Gasteiger partial charge in [0.15, 0.2) is 0 Å². The summed E-state index contributed by atoms with van der Waals surface area (Å²) in [6.07, 6.45) is 4.88. The van der Waals surface area contributed by atoms with Gasteiger partial charge in [0.25, 0.3) is 5.91 Å². The van der Waals surface area contributed by atoms with Crippen molar-refractivity contribution in [1.82, 2.24) is 5.32 Å². The van der Waals surface area contributed by atoms with Gasteiger partial charge in [-0.1, -0.05) is 70.7 Å². The molecule has 0 spiro atoms. The van der Waals surface area contributed by atoms with E-state index in [1.807, 2.05) is 58.9 Å². The topological polar surface area (TPSA) is 75.6 Å². The molecule has 3 aromatic carbocycles. The molecule has 1 amide bonds. The second kappa shape index (κ2) is 14.9. The molecule has 3 aromatic rings. The van der Waals surface area contributed by atoms with Crippen LogP contribution >= 0.6 is 0 Å². The van der Waals surface area contributed by atoms with Crippen molar-refractivity contribution in [2.45, 2.75) is 60.3 Å². The molecule has 0 unspecified atom stereocenters. The van der Waals surface area contributed by atoms with E-state index in [1.54, 1.807) is 19.2 Å². The van der Waals surface area contributed by atoms with E-state index >= 15 is 0 Å². The molecule has 0 fully saturated rings. The minimum absolute atomic E-state index is 0.174. The van der Waals surface area contributed by atoms with Crippen molar-refractivity contribution in [2.24, 2.45) is 0 Å². The molecule has 0 aliphatic heterocycles. The highest BCUT2D eigenvalue weighted by Crippen LogP contribution is 2.40. The fourth-order valence-corrected chi connectivity index (χ4v) is 4.78. The number of carbonyl (C=O) groups excluding carboxylic acids is 1. The summed E-state index contributed by atoms with van der Waals surface area (Å²) in [5.74, 6) is -0.703. The predicted octanol–water partition coefficient (Wildman–Crippen LogP) is 7.20. The van der Waals surface area contributed by atoms with Crippen molar-refractivity contribution in [2.75, 3.05) is 13.7 Å². The summed E-state index contributed by atoms with van der Waals surface area (Å²) in [5.41, 5.74) is 8.76. The quantitative estimate of drug-likeness (QED) is 0.289. The monoisotopic (exact) mass is 533 g/mol. The van der Waals surface area contributed by atoms with Crippen molar-refractivity contribution < 1.29 is 23.8 Å². The van der Waals surface area contributed by atoms with Gasteiger partial charge < -0.3 is 15.2 Å². The molecular formula is C33H40FNO4. The van der Waals surface area contributed by atoms with Crippen molar-refractivity contribution >= 4 is 18.0 Å². The summed E-state index contributed by atoms with van der Waals surface area (Å²) < 4.78 is 19.5. The van der Waals surface area contributed by atoms with Crippen molar-refractivity contribution in [3.63, 3.8) is 0 Å². The zero-order valence-electron chi connectivity index (χ0n) is 23.9. The Bertz CT molecular complexity index is 1280. The van der Waals surface area contributed by atoms with Gasteiger partial charge in [0.05, 0.1) is 7.11 Å². The largest absolute Gasteiger partial charge is 0.495 e. The average Bonchev–Trinajstić information content (AvgIpc) is 2.94. The standard InChI is InChI=1S/C20H23FO.C13H17NO3/c1-6-14-11-16(21)12-15(7-2)19(14)18-10-9-13(4)17(8-3)20(18)22-5;1-3-9-6-5-7-10(4-2)12(9)13(17)14-8-11(15)16/h8-12H,3,6-7H2,1-2,4-5H3;5-7H,3-4,8H2,1-2H3,(H,14,17)(H,15,16). The highest BCUT2D eigenvalue weighted by atomic mass is 19.1. The smallest absolute Gasteiger partial charge is 0.322 e. The zero-order valence-corrected chi connectivity index (χ0v) is 23.9. The van der Waals surface area contributed by atoms with Crippen LogP contribution in [0.15, 0.2) is 49.0 Å². The number of aliphatic carboxylic acids is 1.